The zero-order valence-electron chi connectivity index (χ0n) is 27.9. The summed E-state index contributed by atoms with van der Waals surface area (Å²) in [4.78, 5) is 18.5. The maximum atomic E-state index is 6.59. The zero-order valence-corrected chi connectivity index (χ0v) is 27.9. The van der Waals surface area contributed by atoms with E-state index >= 15 is 0 Å². The number of furan rings is 1. The van der Waals surface area contributed by atoms with Crippen molar-refractivity contribution in [3.8, 4) is 62.0 Å². The molecule has 0 atom stereocenters. The highest BCUT2D eigenvalue weighted by molar-refractivity contribution is 6.20. The predicted molar refractivity (Wildman–Crippen MR) is 209 cm³/mol. The summed E-state index contributed by atoms with van der Waals surface area (Å²) < 4.78 is 8.90. The minimum Gasteiger partial charge on any atom is -0.455 e. The molecule has 0 unspecified atom stereocenters. The number of nitrogens with zero attached hydrogens (tertiary/aromatic N) is 5. The fraction of sp³-hybridized carbons (Fsp3) is 0. The normalized spacial score (nSPS) is 11.5. The van der Waals surface area contributed by atoms with E-state index in [9.17, 15) is 0 Å². The summed E-state index contributed by atoms with van der Waals surface area (Å²) in [5.41, 5.74) is 12.1. The van der Waals surface area contributed by atoms with Crippen LogP contribution in [0, 0.1) is 0 Å². The predicted octanol–water partition coefficient (Wildman–Crippen LogP) is 11.4. The van der Waals surface area contributed by atoms with Crippen molar-refractivity contribution >= 4 is 32.8 Å². The van der Waals surface area contributed by atoms with Gasteiger partial charge in [0.15, 0.2) is 5.82 Å². The molecule has 5 aromatic carbocycles. The van der Waals surface area contributed by atoms with Gasteiger partial charge in [0, 0.05) is 63.5 Å². The maximum absolute atomic E-state index is 6.59. The van der Waals surface area contributed by atoms with Gasteiger partial charge >= 0.3 is 0 Å². The SMILES string of the molecule is c1ccc(-c2cc3ccc4c(c5ccccc5n4-c4ccc(-c5nc(-c6ccncc6)cc(-c6ccc(-c7ccncc7)cc6)n5)cc4)c3o2)cc1. The summed E-state index contributed by atoms with van der Waals surface area (Å²) in [6.07, 6.45) is 7.21. The van der Waals surface area contributed by atoms with Crippen LogP contribution in [0.1, 0.15) is 0 Å². The highest BCUT2D eigenvalue weighted by Gasteiger charge is 2.18. The number of rotatable bonds is 6. The van der Waals surface area contributed by atoms with Crippen molar-refractivity contribution in [2.24, 2.45) is 0 Å². The van der Waals surface area contributed by atoms with E-state index in [1.807, 2.05) is 60.9 Å². The lowest BCUT2D eigenvalue weighted by Crippen LogP contribution is -1.97. The first-order valence-electron chi connectivity index (χ1n) is 17.2. The molecule has 244 valence electrons. The molecular weight excluding hydrogens is 639 g/mol. The van der Waals surface area contributed by atoms with E-state index < -0.39 is 0 Å². The summed E-state index contributed by atoms with van der Waals surface area (Å²) in [6.45, 7) is 0. The molecule has 0 radical (unpaired) electrons. The standard InChI is InChI=1S/C46H29N5O/c1-2-6-34(7-3-1)43-28-36-16-19-42-44(45(36)52-43)38-8-4-5-9-41(38)51(42)37-17-14-35(15-18-37)46-49-39(29-40(50-46)33-22-26-48-27-23-33)32-12-10-30(11-13-32)31-20-24-47-25-21-31/h1-29H. The minimum absolute atomic E-state index is 0.655. The Kier molecular flexibility index (Phi) is 7.03. The van der Waals surface area contributed by atoms with Crippen LogP contribution >= 0.6 is 0 Å². The van der Waals surface area contributed by atoms with Crippen molar-refractivity contribution in [3.63, 3.8) is 0 Å². The second kappa shape index (κ2) is 12.3. The lowest BCUT2D eigenvalue weighted by molar-refractivity contribution is 0.635. The Bertz CT molecular complexity index is 2860. The van der Waals surface area contributed by atoms with Crippen LogP contribution < -0.4 is 0 Å². The van der Waals surface area contributed by atoms with E-state index in [0.29, 0.717) is 5.82 Å². The van der Waals surface area contributed by atoms with Crippen molar-refractivity contribution in [3.05, 3.63) is 176 Å². The van der Waals surface area contributed by atoms with Crippen LogP contribution in [0.2, 0.25) is 0 Å². The first-order valence-corrected chi connectivity index (χ1v) is 17.2. The van der Waals surface area contributed by atoms with Gasteiger partial charge in [0.05, 0.1) is 27.8 Å². The Hall–Kier alpha value is -7.18. The molecule has 0 bridgehead atoms. The molecule has 0 saturated carbocycles. The molecule has 10 rings (SSSR count). The molecule has 6 heteroatoms. The Morgan fingerprint density at radius 1 is 0.442 bits per heavy atom. The molecule has 5 aromatic heterocycles. The van der Waals surface area contributed by atoms with Crippen molar-refractivity contribution in [2.75, 3.05) is 0 Å². The third kappa shape index (κ3) is 5.13. The van der Waals surface area contributed by atoms with E-state index in [1.54, 1.807) is 12.4 Å². The third-order valence-electron chi connectivity index (χ3n) is 9.66. The lowest BCUT2D eigenvalue weighted by Gasteiger charge is -2.11. The number of para-hydroxylation sites is 1. The van der Waals surface area contributed by atoms with Crippen LogP contribution in [0.25, 0.3) is 94.8 Å². The second-order valence-corrected chi connectivity index (χ2v) is 12.8. The van der Waals surface area contributed by atoms with E-state index in [1.165, 1.54) is 0 Å². The van der Waals surface area contributed by atoms with Crippen LogP contribution in [0.15, 0.2) is 181 Å². The molecule has 0 saturated heterocycles. The molecule has 0 amide bonds. The maximum Gasteiger partial charge on any atom is 0.160 e. The lowest BCUT2D eigenvalue weighted by atomic mass is 10.0. The number of hydrogen-bond acceptors (Lipinski definition) is 5. The smallest absolute Gasteiger partial charge is 0.160 e. The Balaban J connectivity index is 1.07. The fourth-order valence-electron chi connectivity index (χ4n) is 7.10. The fourth-order valence-corrected chi connectivity index (χ4v) is 7.10. The molecule has 0 aliphatic rings. The molecule has 52 heavy (non-hydrogen) atoms. The van der Waals surface area contributed by atoms with Gasteiger partial charge in [-0.15, -0.1) is 0 Å². The van der Waals surface area contributed by atoms with Gasteiger partial charge in [-0.25, -0.2) is 9.97 Å². The Labute approximate surface area is 299 Å². The van der Waals surface area contributed by atoms with Crippen LogP contribution in [0.3, 0.4) is 0 Å². The average molecular weight is 668 g/mol. The van der Waals surface area contributed by atoms with E-state index in [2.05, 4.69) is 118 Å². The third-order valence-corrected chi connectivity index (χ3v) is 9.66. The number of fused-ring (bicyclic) bond motifs is 5. The highest BCUT2D eigenvalue weighted by atomic mass is 16.3. The van der Waals surface area contributed by atoms with Crippen molar-refractivity contribution in [1.29, 1.82) is 0 Å². The molecule has 5 heterocycles. The van der Waals surface area contributed by atoms with Crippen LogP contribution in [0.5, 0.6) is 0 Å². The van der Waals surface area contributed by atoms with E-state index in [0.717, 1.165) is 89.0 Å². The van der Waals surface area contributed by atoms with Gasteiger partial charge in [-0.05, 0) is 90.0 Å². The quantitative estimate of drug-likeness (QED) is 0.176. The summed E-state index contributed by atoms with van der Waals surface area (Å²) in [7, 11) is 0. The topological polar surface area (TPSA) is 69.6 Å². The van der Waals surface area contributed by atoms with Crippen LogP contribution in [-0.4, -0.2) is 24.5 Å². The van der Waals surface area contributed by atoms with Crippen molar-refractivity contribution < 1.29 is 4.42 Å². The molecular formula is C46H29N5O. The molecule has 0 aliphatic heterocycles. The Morgan fingerprint density at radius 2 is 1.04 bits per heavy atom. The van der Waals surface area contributed by atoms with Gasteiger partial charge in [-0.1, -0.05) is 72.8 Å². The first-order chi connectivity index (χ1) is 25.8. The molecule has 0 fully saturated rings. The van der Waals surface area contributed by atoms with Gasteiger partial charge in [-0.2, -0.15) is 0 Å². The molecule has 6 nitrogen and oxygen atoms in total. The number of hydrogen-bond donors (Lipinski definition) is 0. The monoisotopic (exact) mass is 667 g/mol. The number of benzene rings is 5. The zero-order chi connectivity index (χ0) is 34.4. The average Bonchev–Trinajstić information content (AvgIpc) is 3.82. The first kappa shape index (κ1) is 29.7. The number of aromatic nitrogens is 5. The van der Waals surface area contributed by atoms with Gasteiger partial charge in [-0.3, -0.25) is 9.97 Å². The largest absolute Gasteiger partial charge is 0.455 e. The summed E-state index contributed by atoms with van der Waals surface area (Å²) in [6, 6.07) is 52.3. The molecule has 0 aliphatic carbocycles. The van der Waals surface area contributed by atoms with Crippen molar-refractivity contribution in [2.45, 2.75) is 0 Å². The summed E-state index contributed by atoms with van der Waals surface area (Å²) >= 11 is 0. The van der Waals surface area contributed by atoms with Crippen LogP contribution in [-0.2, 0) is 0 Å². The highest BCUT2D eigenvalue weighted by Crippen LogP contribution is 2.40. The second-order valence-electron chi connectivity index (χ2n) is 12.8. The van der Waals surface area contributed by atoms with E-state index in [-0.39, 0.29) is 0 Å². The molecule has 0 N–H and O–H groups in total. The summed E-state index contributed by atoms with van der Waals surface area (Å²) in [5, 5.41) is 3.33. The number of pyridine rings is 2. The molecule has 0 spiro atoms. The van der Waals surface area contributed by atoms with Crippen molar-refractivity contribution in [1.82, 2.24) is 24.5 Å². The minimum atomic E-state index is 0.655. The Morgan fingerprint density at radius 3 is 1.77 bits per heavy atom. The molecule has 10 aromatic rings. The van der Waals surface area contributed by atoms with Gasteiger partial charge in [0.1, 0.15) is 11.3 Å². The summed E-state index contributed by atoms with van der Waals surface area (Å²) in [5.74, 6) is 1.52. The van der Waals surface area contributed by atoms with Gasteiger partial charge in [0.25, 0.3) is 0 Å². The van der Waals surface area contributed by atoms with Gasteiger partial charge in [0.2, 0.25) is 0 Å². The van der Waals surface area contributed by atoms with Crippen LogP contribution in [0.4, 0.5) is 0 Å². The van der Waals surface area contributed by atoms with Gasteiger partial charge < -0.3 is 8.98 Å². The van der Waals surface area contributed by atoms with E-state index in [4.69, 9.17) is 14.4 Å².